The molecule has 3 nitrogen and oxygen atoms in total. The van der Waals surface area contributed by atoms with Gasteiger partial charge in [-0.2, -0.15) is 0 Å². The van der Waals surface area contributed by atoms with Crippen molar-refractivity contribution >= 4 is 60.8 Å². The van der Waals surface area contributed by atoms with Crippen LogP contribution in [0.1, 0.15) is 0 Å². The van der Waals surface area contributed by atoms with E-state index in [4.69, 9.17) is 4.42 Å². The van der Waals surface area contributed by atoms with E-state index < -0.39 is 0 Å². The zero-order chi connectivity index (χ0) is 33.7. The molecule has 0 radical (unpaired) electrons. The molecule has 0 fully saturated rings. The fourth-order valence-electron chi connectivity index (χ4n) is 7.63. The van der Waals surface area contributed by atoms with Crippen LogP contribution < -0.4 is 4.90 Å². The van der Waals surface area contributed by atoms with Crippen LogP contribution >= 0.6 is 0 Å². The standard InChI is InChI=1S/C48H32N2O/c1-3-13-33(14-4-1)34-25-28-38(29-26-34)49(44-22-12-24-47-48(44)42-20-8-10-23-46(42)51-47)39-18-11-15-35(31-39)36-27-30-41-40-19-7-9-21-43(40)50(45(41)32-36)37-16-5-2-6-17-37/h1-32H. The maximum atomic E-state index is 6.37. The quantitative estimate of drug-likeness (QED) is 0.178. The molecule has 3 heteroatoms. The third-order valence-electron chi connectivity index (χ3n) is 9.98. The first-order chi connectivity index (χ1) is 25.3. The van der Waals surface area contributed by atoms with Gasteiger partial charge < -0.3 is 13.9 Å². The van der Waals surface area contributed by atoms with E-state index in [1.165, 1.54) is 32.9 Å². The fraction of sp³-hybridized carbons (Fsp3) is 0. The minimum Gasteiger partial charge on any atom is -0.456 e. The summed E-state index contributed by atoms with van der Waals surface area (Å²) in [5.41, 5.74) is 13.2. The third-order valence-corrected chi connectivity index (χ3v) is 9.98. The van der Waals surface area contributed by atoms with Gasteiger partial charge in [-0.05, 0) is 89.0 Å². The summed E-state index contributed by atoms with van der Waals surface area (Å²) in [6, 6.07) is 69.2. The van der Waals surface area contributed by atoms with E-state index in [-0.39, 0.29) is 0 Å². The average Bonchev–Trinajstić information content (AvgIpc) is 3.75. The number of furan rings is 1. The molecule has 0 spiro atoms. The number of para-hydroxylation sites is 3. The normalized spacial score (nSPS) is 11.5. The molecule has 0 saturated heterocycles. The van der Waals surface area contributed by atoms with Crippen LogP contribution in [0.25, 0.3) is 71.7 Å². The Balaban J connectivity index is 1.16. The van der Waals surface area contributed by atoms with Gasteiger partial charge in [-0.15, -0.1) is 0 Å². The smallest absolute Gasteiger partial charge is 0.137 e. The predicted molar refractivity (Wildman–Crippen MR) is 214 cm³/mol. The average molecular weight is 653 g/mol. The summed E-state index contributed by atoms with van der Waals surface area (Å²) < 4.78 is 8.75. The molecule has 0 aliphatic carbocycles. The number of nitrogens with zero attached hydrogens (tertiary/aromatic N) is 2. The minimum atomic E-state index is 0.870. The second-order valence-corrected chi connectivity index (χ2v) is 13.0. The second-order valence-electron chi connectivity index (χ2n) is 13.0. The summed E-state index contributed by atoms with van der Waals surface area (Å²) in [5, 5.41) is 4.69. The third kappa shape index (κ3) is 4.90. The van der Waals surface area contributed by atoms with Crippen molar-refractivity contribution in [1.29, 1.82) is 0 Å². The van der Waals surface area contributed by atoms with Gasteiger partial charge in [0, 0.05) is 33.2 Å². The molecule has 8 aromatic carbocycles. The summed E-state index contributed by atoms with van der Waals surface area (Å²) in [6.07, 6.45) is 0. The molecule has 0 N–H and O–H groups in total. The first-order valence-corrected chi connectivity index (χ1v) is 17.4. The number of hydrogen-bond acceptors (Lipinski definition) is 2. The Morgan fingerprint density at radius 1 is 0.373 bits per heavy atom. The highest BCUT2D eigenvalue weighted by atomic mass is 16.3. The number of hydrogen-bond donors (Lipinski definition) is 0. The summed E-state index contributed by atoms with van der Waals surface area (Å²) in [7, 11) is 0. The number of fused-ring (bicyclic) bond motifs is 6. The lowest BCUT2D eigenvalue weighted by Crippen LogP contribution is -2.10. The van der Waals surface area contributed by atoms with E-state index >= 15 is 0 Å². The molecule has 0 amide bonds. The molecule has 10 rings (SSSR count). The Labute approximate surface area is 295 Å². The van der Waals surface area contributed by atoms with E-state index in [1.807, 2.05) is 12.1 Å². The van der Waals surface area contributed by atoms with E-state index in [2.05, 4.69) is 191 Å². The lowest BCUT2D eigenvalue weighted by molar-refractivity contribution is 0.669. The summed E-state index contributed by atoms with van der Waals surface area (Å²) >= 11 is 0. The van der Waals surface area contributed by atoms with Crippen molar-refractivity contribution in [3.8, 4) is 27.9 Å². The summed E-state index contributed by atoms with van der Waals surface area (Å²) in [6.45, 7) is 0. The highest BCUT2D eigenvalue weighted by Crippen LogP contribution is 2.44. The van der Waals surface area contributed by atoms with Gasteiger partial charge in [-0.3, -0.25) is 0 Å². The molecule has 2 aromatic heterocycles. The molecule has 0 aliphatic heterocycles. The maximum Gasteiger partial charge on any atom is 0.137 e. The van der Waals surface area contributed by atoms with Crippen molar-refractivity contribution in [3.63, 3.8) is 0 Å². The van der Waals surface area contributed by atoms with Crippen molar-refractivity contribution in [2.75, 3.05) is 4.90 Å². The lowest BCUT2D eigenvalue weighted by atomic mass is 10.0. The van der Waals surface area contributed by atoms with E-state index in [9.17, 15) is 0 Å². The van der Waals surface area contributed by atoms with Gasteiger partial charge in [0.1, 0.15) is 11.2 Å². The van der Waals surface area contributed by atoms with Crippen LogP contribution in [0.4, 0.5) is 17.1 Å². The molecular weight excluding hydrogens is 621 g/mol. The van der Waals surface area contributed by atoms with Gasteiger partial charge in [0.25, 0.3) is 0 Å². The molecule has 2 heterocycles. The second kappa shape index (κ2) is 11.9. The number of aromatic nitrogens is 1. The summed E-state index contributed by atoms with van der Waals surface area (Å²) in [4.78, 5) is 2.36. The van der Waals surface area contributed by atoms with Gasteiger partial charge in [0.05, 0.1) is 22.1 Å². The zero-order valence-corrected chi connectivity index (χ0v) is 27.8. The highest BCUT2D eigenvalue weighted by Gasteiger charge is 2.20. The first-order valence-electron chi connectivity index (χ1n) is 17.4. The monoisotopic (exact) mass is 652 g/mol. The molecule has 0 bridgehead atoms. The van der Waals surface area contributed by atoms with Crippen molar-refractivity contribution in [2.24, 2.45) is 0 Å². The topological polar surface area (TPSA) is 21.3 Å². The van der Waals surface area contributed by atoms with Crippen LogP contribution in [-0.4, -0.2) is 4.57 Å². The van der Waals surface area contributed by atoms with Gasteiger partial charge in [0.15, 0.2) is 0 Å². The Bertz CT molecular complexity index is 2850. The molecule has 0 saturated carbocycles. The Kier molecular flexibility index (Phi) is 6.81. The van der Waals surface area contributed by atoms with Crippen LogP contribution in [0.15, 0.2) is 199 Å². The number of rotatable bonds is 6. The van der Waals surface area contributed by atoms with Crippen LogP contribution in [0.5, 0.6) is 0 Å². The molecule has 240 valence electrons. The van der Waals surface area contributed by atoms with Crippen molar-refractivity contribution in [2.45, 2.75) is 0 Å². The van der Waals surface area contributed by atoms with Crippen LogP contribution in [0.3, 0.4) is 0 Å². The fourth-order valence-corrected chi connectivity index (χ4v) is 7.63. The minimum absolute atomic E-state index is 0.870. The number of anilines is 3. The maximum absolute atomic E-state index is 6.37. The van der Waals surface area contributed by atoms with Crippen LogP contribution in [0, 0.1) is 0 Å². The van der Waals surface area contributed by atoms with E-state index in [0.29, 0.717) is 0 Å². The molecule has 0 unspecified atom stereocenters. The lowest BCUT2D eigenvalue weighted by Gasteiger charge is -2.27. The Morgan fingerprint density at radius 3 is 1.82 bits per heavy atom. The Morgan fingerprint density at radius 2 is 0.980 bits per heavy atom. The SMILES string of the molecule is c1ccc(-c2ccc(N(c3cccc(-c4ccc5c6ccccc6n(-c6ccccc6)c5c4)c3)c3cccc4oc5ccccc5c34)cc2)cc1. The van der Waals surface area contributed by atoms with Crippen molar-refractivity contribution in [1.82, 2.24) is 4.57 Å². The van der Waals surface area contributed by atoms with Gasteiger partial charge in [0.2, 0.25) is 0 Å². The predicted octanol–water partition coefficient (Wildman–Crippen LogP) is 13.5. The molecule has 0 aliphatic rings. The zero-order valence-electron chi connectivity index (χ0n) is 27.8. The molecule has 10 aromatic rings. The van der Waals surface area contributed by atoms with Crippen LogP contribution in [-0.2, 0) is 0 Å². The van der Waals surface area contributed by atoms with Crippen molar-refractivity contribution < 1.29 is 4.42 Å². The number of benzene rings is 8. The van der Waals surface area contributed by atoms with E-state index in [1.54, 1.807) is 0 Å². The van der Waals surface area contributed by atoms with Crippen LogP contribution in [0.2, 0.25) is 0 Å². The van der Waals surface area contributed by atoms with Gasteiger partial charge >= 0.3 is 0 Å². The van der Waals surface area contributed by atoms with Gasteiger partial charge in [-0.25, -0.2) is 0 Å². The Hall–Kier alpha value is -6.84. The highest BCUT2D eigenvalue weighted by molar-refractivity contribution is 6.13. The van der Waals surface area contributed by atoms with E-state index in [0.717, 1.165) is 55.8 Å². The molecular formula is C48H32N2O. The molecule has 0 atom stereocenters. The summed E-state index contributed by atoms with van der Waals surface area (Å²) in [5.74, 6) is 0. The first kappa shape index (κ1) is 29.1. The molecule has 51 heavy (non-hydrogen) atoms. The van der Waals surface area contributed by atoms with Gasteiger partial charge in [-0.1, -0.05) is 127 Å². The largest absolute Gasteiger partial charge is 0.456 e. The van der Waals surface area contributed by atoms with Crippen molar-refractivity contribution in [3.05, 3.63) is 194 Å².